The summed E-state index contributed by atoms with van der Waals surface area (Å²) in [6.45, 7) is 3.59. The highest BCUT2D eigenvalue weighted by atomic mass is 16.5. The molecular weight excluding hydrogens is 288 g/mol. The van der Waals surface area contributed by atoms with Crippen LogP contribution in [0.5, 0.6) is 11.6 Å². The Hall–Kier alpha value is -2.01. The summed E-state index contributed by atoms with van der Waals surface area (Å²) < 4.78 is 5.76. The Morgan fingerprint density at radius 2 is 2.09 bits per heavy atom. The Balaban J connectivity index is 1.44. The van der Waals surface area contributed by atoms with Gasteiger partial charge in [0.05, 0.1) is 18.1 Å². The van der Waals surface area contributed by atoms with E-state index in [2.05, 4.69) is 19.9 Å². The monoisotopic (exact) mass is 310 g/mol. The molecule has 0 unspecified atom stereocenters. The molecule has 2 aromatic heterocycles. The van der Waals surface area contributed by atoms with E-state index in [1.165, 1.54) is 38.8 Å². The average molecular weight is 310 g/mol. The molecule has 0 radical (unpaired) electrons. The van der Waals surface area contributed by atoms with E-state index in [0.717, 1.165) is 18.2 Å². The fourth-order valence-corrected chi connectivity index (χ4v) is 3.26. The predicted octanol–water partition coefficient (Wildman–Crippen LogP) is 3.25. The van der Waals surface area contributed by atoms with E-state index in [4.69, 9.17) is 4.74 Å². The van der Waals surface area contributed by atoms with Gasteiger partial charge in [-0.15, -0.1) is 0 Å². The van der Waals surface area contributed by atoms with Gasteiger partial charge in [0.1, 0.15) is 5.75 Å². The molecule has 1 aliphatic carbocycles. The number of pyridine rings is 1. The normalized spacial score (nSPS) is 22.0. The molecule has 0 amide bonds. The highest BCUT2D eigenvalue weighted by molar-refractivity contribution is 5.23. The molecule has 120 valence electrons. The van der Waals surface area contributed by atoms with E-state index in [9.17, 15) is 0 Å². The fraction of sp³-hybridized carbons (Fsp3) is 0.500. The number of hydrogen-bond donors (Lipinski definition) is 0. The van der Waals surface area contributed by atoms with Gasteiger partial charge in [-0.3, -0.25) is 9.97 Å². The second-order valence-corrected chi connectivity index (χ2v) is 6.62. The number of likely N-dealkylation sites (tertiary alicyclic amines) is 1. The molecule has 0 spiro atoms. The Bertz CT molecular complexity index is 644. The van der Waals surface area contributed by atoms with Crippen molar-refractivity contribution in [1.29, 1.82) is 0 Å². The first-order valence-corrected chi connectivity index (χ1v) is 8.49. The molecule has 1 atom stereocenters. The molecule has 1 saturated carbocycles. The maximum atomic E-state index is 5.76. The van der Waals surface area contributed by atoms with Gasteiger partial charge in [0.25, 0.3) is 0 Å². The molecule has 1 aliphatic heterocycles. The Kier molecular flexibility index (Phi) is 4.20. The lowest BCUT2D eigenvalue weighted by atomic mass is 9.95. The van der Waals surface area contributed by atoms with Crippen LogP contribution in [0, 0.1) is 5.92 Å². The number of aromatic nitrogens is 3. The minimum atomic E-state index is 0.465. The lowest BCUT2D eigenvalue weighted by Gasteiger charge is -2.32. The fourth-order valence-electron chi connectivity index (χ4n) is 3.26. The molecule has 0 bridgehead atoms. The molecule has 4 rings (SSSR count). The molecule has 5 nitrogen and oxygen atoms in total. The van der Waals surface area contributed by atoms with Crippen LogP contribution >= 0.6 is 0 Å². The van der Waals surface area contributed by atoms with Gasteiger partial charge in [-0.05, 0) is 50.3 Å². The van der Waals surface area contributed by atoms with Crippen molar-refractivity contribution in [3.63, 3.8) is 0 Å². The van der Waals surface area contributed by atoms with Crippen LogP contribution in [0.25, 0.3) is 0 Å². The zero-order valence-corrected chi connectivity index (χ0v) is 13.3. The van der Waals surface area contributed by atoms with Crippen molar-refractivity contribution in [1.82, 2.24) is 19.9 Å². The summed E-state index contributed by atoms with van der Waals surface area (Å²) in [5, 5.41) is 0. The number of ether oxygens (including phenoxy) is 1. The summed E-state index contributed by atoms with van der Waals surface area (Å²) in [5.74, 6) is 2.65. The third-order valence-corrected chi connectivity index (χ3v) is 4.63. The summed E-state index contributed by atoms with van der Waals surface area (Å²) >= 11 is 0. The highest BCUT2D eigenvalue weighted by Crippen LogP contribution is 2.33. The SMILES string of the molecule is c1cncc(Oc2cncc([C@@H]3CCCN(CC4CC4)C3)n2)c1. The number of piperidine rings is 1. The quantitative estimate of drug-likeness (QED) is 0.848. The van der Waals surface area contributed by atoms with Crippen LogP contribution in [-0.4, -0.2) is 39.5 Å². The second kappa shape index (κ2) is 6.62. The van der Waals surface area contributed by atoms with Gasteiger partial charge < -0.3 is 9.64 Å². The summed E-state index contributed by atoms with van der Waals surface area (Å²) in [5.41, 5.74) is 1.05. The molecule has 0 N–H and O–H groups in total. The molecule has 0 aromatic carbocycles. The predicted molar refractivity (Wildman–Crippen MR) is 87.5 cm³/mol. The van der Waals surface area contributed by atoms with Crippen molar-refractivity contribution in [2.24, 2.45) is 5.92 Å². The molecule has 2 fully saturated rings. The molecule has 5 heteroatoms. The Morgan fingerprint density at radius 1 is 1.13 bits per heavy atom. The van der Waals surface area contributed by atoms with Crippen molar-refractivity contribution >= 4 is 0 Å². The van der Waals surface area contributed by atoms with Gasteiger partial charge in [-0.25, -0.2) is 4.98 Å². The minimum absolute atomic E-state index is 0.465. The zero-order valence-electron chi connectivity index (χ0n) is 13.3. The lowest BCUT2D eigenvalue weighted by Crippen LogP contribution is -2.36. The third kappa shape index (κ3) is 3.85. The lowest BCUT2D eigenvalue weighted by molar-refractivity contribution is 0.198. The Labute approximate surface area is 136 Å². The summed E-state index contributed by atoms with van der Waals surface area (Å²) in [6, 6.07) is 3.73. The van der Waals surface area contributed by atoms with Crippen molar-refractivity contribution in [3.8, 4) is 11.6 Å². The van der Waals surface area contributed by atoms with E-state index in [-0.39, 0.29) is 0 Å². The molecule has 1 saturated heterocycles. The summed E-state index contributed by atoms with van der Waals surface area (Å²) in [7, 11) is 0. The standard InChI is InChI=1S/C18H22N4O/c1-4-16(9-19-7-1)23-18-11-20-10-17(21-18)15-3-2-8-22(13-15)12-14-5-6-14/h1,4,7,9-11,14-15H,2-3,5-6,8,12-13H2/t15-/m1/s1. The second-order valence-electron chi connectivity index (χ2n) is 6.62. The van der Waals surface area contributed by atoms with Gasteiger partial charge in [0.2, 0.25) is 5.88 Å². The van der Waals surface area contributed by atoms with Crippen molar-refractivity contribution in [3.05, 3.63) is 42.6 Å². The highest BCUT2D eigenvalue weighted by Gasteiger charge is 2.28. The first-order chi connectivity index (χ1) is 11.4. The number of nitrogens with zero attached hydrogens (tertiary/aromatic N) is 4. The number of rotatable bonds is 5. The van der Waals surface area contributed by atoms with Gasteiger partial charge in [0.15, 0.2) is 0 Å². The maximum absolute atomic E-state index is 5.76. The largest absolute Gasteiger partial charge is 0.436 e. The van der Waals surface area contributed by atoms with Crippen LogP contribution in [-0.2, 0) is 0 Å². The summed E-state index contributed by atoms with van der Waals surface area (Å²) in [6.07, 6.45) is 12.2. The van der Waals surface area contributed by atoms with Gasteiger partial charge in [0, 0.05) is 31.4 Å². The Morgan fingerprint density at radius 3 is 2.91 bits per heavy atom. The average Bonchev–Trinajstić information content (AvgIpc) is 3.40. The van der Waals surface area contributed by atoms with E-state index in [1.54, 1.807) is 18.6 Å². The van der Waals surface area contributed by atoms with Crippen LogP contribution in [0.2, 0.25) is 0 Å². The topological polar surface area (TPSA) is 51.1 Å². The van der Waals surface area contributed by atoms with E-state index in [0.29, 0.717) is 17.5 Å². The van der Waals surface area contributed by atoms with Crippen LogP contribution < -0.4 is 4.74 Å². The van der Waals surface area contributed by atoms with Crippen molar-refractivity contribution in [2.75, 3.05) is 19.6 Å². The number of hydrogen-bond acceptors (Lipinski definition) is 5. The minimum Gasteiger partial charge on any atom is -0.436 e. The zero-order chi connectivity index (χ0) is 15.5. The van der Waals surface area contributed by atoms with E-state index in [1.807, 2.05) is 18.3 Å². The van der Waals surface area contributed by atoms with Crippen LogP contribution in [0.15, 0.2) is 36.9 Å². The van der Waals surface area contributed by atoms with E-state index >= 15 is 0 Å². The molecule has 2 aliphatic rings. The van der Waals surface area contributed by atoms with E-state index < -0.39 is 0 Å². The van der Waals surface area contributed by atoms with Gasteiger partial charge in [-0.2, -0.15) is 0 Å². The first-order valence-electron chi connectivity index (χ1n) is 8.49. The summed E-state index contributed by atoms with van der Waals surface area (Å²) in [4.78, 5) is 15.7. The molecule has 2 aromatic rings. The van der Waals surface area contributed by atoms with Crippen LogP contribution in [0.4, 0.5) is 0 Å². The molecule has 3 heterocycles. The van der Waals surface area contributed by atoms with Crippen LogP contribution in [0.3, 0.4) is 0 Å². The van der Waals surface area contributed by atoms with Crippen molar-refractivity contribution < 1.29 is 4.74 Å². The van der Waals surface area contributed by atoms with Gasteiger partial charge in [-0.1, -0.05) is 0 Å². The maximum Gasteiger partial charge on any atom is 0.238 e. The van der Waals surface area contributed by atoms with Crippen molar-refractivity contribution in [2.45, 2.75) is 31.6 Å². The van der Waals surface area contributed by atoms with Crippen LogP contribution in [0.1, 0.15) is 37.3 Å². The third-order valence-electron chi connectivity index (χ3n) is 4.63. The molecule has 23 heavy (non-hydrogen) atoms. The molecular formula is C18H22N4O. The van der Waals surface area contributed by atoms with Gasteiger partial charge >= 0.3 is 0 Å². The first kappa shape index (κ1) is 14.6. The smallest absolute Gasteiger partial charge is 0.238 e.